The van der Waals surface area contributed by atoms with Gasteiger partial charge in [0.15, 0.2) is 14.9 Å². The third kappa shape index (κ3) is 3.70. The molecule has 1 aromatic rings. The van der Waals surface area contributed by atoms with Crippen molar-refractivity contribution in [1.29, 1.82) is 0 Å². The Morgan fingerprint density at radius 2 is 1.60 bits per heavy atom. The van der Waals surface area contributed by atoms with Crippen LogP contribution in [0.2, 0.25) is 5.02 Å². The van der Waals surface area contributed by atoms with Gasteiger partial charge in [0, 0.05) is 18.1 Å². The van der Waals surface area contributed by atoms with Gasteiger partial charge >= 0.3 is 0 Å². The normalized spacial score (nSPS) is 18.1. The summed E-state index contributed by atoms with van der Waals surface area (Å²) in [6.45, 7) is 0.914. The van der Waals surface area contributed by atoms with Crippen molar-refractivity contribution in [1.82, 2.24) is 4.31 Å². The van der Waals surface area contributed by atoms with E-state index < -0.39 is 24.9 Å². The fourth-order valence-electron chi connectivity index (χ4n) is 1.81. The third-order valence-electron chi connectivity index (χ3n) is 2.84. The Morgan fingerprint density at radius 3 is 2.15 bits per heavy atom. The van der Waals surface area contributed by atoms with Crippen LogP contribution in [-0.4, -0.2) is 52.5 Å². The van der Waals surface area contributed by atoms with Crippen molar-refractivity contribution in [2.24, 2.45) is 0 Å². The molecule has 0 radical (unpaired) electrons. The number of sulfone groups is 1. The average Bonchev–Trinajstić information content (AvgIpc) is 2.39. The van der Waals surface area contributed by atoms with E-state index in [0.717, 1.165) is 4.31 Å². The van der Waals surface area contributed by atoms with E-state index in [0.29, 0.717) is 5.02 Å². The van der Waals surface area contributed by atoms with Gasteiger partial charge in [-0.15, -0.1) is 0 Å². The molecule has 0 aliphatic carbocycles. The molecule has 112 valence electrons. The number of hydrogen-bond acceptors (Lipinski definition) is 5. The van der Waals surface area contributed by atoms with Crippen molar-refractivity contribution in [3.8, 4) is 0 Å². The smallest absolute Gasteiger partial charge is 0.229 e. The van der Waals surface area contributed by atoms with Crippen molar-refractivity contribution in [2.75, 3.05) is 31.4 Å². The maximum atomic E-state index is 12.1. The molecule has 2 rings (SSSR count). The van der Waals surface area contributed by atoms with Crippen LogP contribution >= 0.6 is 11.6 Å². The highest BCUT2D eigenvalue weighted by Gasteiger charge is 2.30. The summed E-state index contributed by atoms with van der Waals surface area (Å²) in [5.74, 6) is 0. The maximum Gasteiger partial charge on any atom is 0.229 e. The second-order valence-electron chi connectivity index (χ2n) is 4.31. The predicted molar refractivity (Wildman–Crippen MR) is 74.8 cm³/mol. The second kappa shape index (κ2) is 5.98. The minimum Gasteiger partial charge on any atom is -0.379 e. The third-order valence-corrected chi connectivity index (χ3v) is 7.67. The maximum absolute atomic E-state index is 12.1. The van der Waals surface area contributed by atoms with Gasteiger partial charge < -0.3 is 4.74 Å². The molecule has 1 saturated heterocycles. The number of rotatable bonds is 4. The van der Waals surface area contributed by atoms with Gasteiger partial charge in [-0.3, -0.25) is 0 Å². The minimum absolute atomic E-state index is 0.0567. The molecule has 0 atom stereocenters. The molecular formula is C11H14ClNO5S2. The Morgan fingerprint density at radius 1 is 1.05 bits per heavy atom. The van der Waals surface area contributed by atoms with Crippen LogP contribution in [0.5, 0.6) is 0 Å². The van der Waals surface area contributed by atoms with E-state index >= 15 is 0 Å². The lowest BCUT2D eigenvalue weighted by Crippen LogP contribution is -2.43. The van der Waals surface area contributed by atoms with Crippen LogP contribution in [0.4, 0.5) is 0 Å². The van der Waals surface area contributed by atoms with E-state index in [2.05, 4.69) is 0 Å². The van der Waals surface area contributed by atoms with Crippen molar-refractivity contribution < 1.29 is 21.6 Å². The zero-order chi connectivity index (χ0) is 14.8. The predicted octanol–water partition coefficient (Wildman–Crippen LogP) is 0.733. The van der Waals surface area contributed by atoms with Gasteiger partial charge in [-0.05, 0) is 24.3 Å². The summed E-state index contributed by atoms with van der Waals surface area (Å²) in [6.07, 6.45) is 0. The summed E-state index contributed by atoms with van der Waals surface area (Å²) in [5, 5.41) is -0.554. The molecule has 0 aromatic heterocycles. The van der Waals surface area contributed by atoms with Gasteiger partial charge in [-0.2, -0.15) is 4.31 Å². The first-order valence-corrected chi connectivity index (χ1v) is 9.49. The minimum atomic E-state index is -3.91. The first-order valence-electron chi connectivity index (χ1n) is 5.85. The van der Waals surface area contributed by atoms with E-state index in [9.17, 15) is 16.8 Å². The Labute approximate surface area is 123 Å². The highest BCUT2D eigenvalue weighted by Crippen LogP contribution is 2.18. The van der Waals surface area contributed by atoms with Crippen LogP contribution in [-0.2, 0) is 24.6 Å². The van der Waals surface area contributed by atoms with Gasteiger partial charge in [-0.1, -0.05) is 11.6 Å². The largest absolute Gasteiger partial charge is 0.379 e. The van der Waals surface area contributed by atoms with Crippen LogP contribution in [0.25, 0.3) is 0 Å². The van der Waals surface area contributed by atoms with E-state index in [1.54, 1.807) is 0 Å². The summed E-state index contributed by atoms with van der Waals surface area (Å²) in [7, 11) is -7.78. The lowest BCUT2D eigenvalue weighted by molar-refractivity contribution is 0.0732. The molecule has 0 saturated carbocycles. The number of ether oxygens (including phenoxy) is 1. The Balaban J connectivity index is 2.21. The Kier molecular flexibility index (Phi) is 4.70. The number of morpholine rings is 1. The topological polar surface area (TPSA) is 80.8 Å². The van der Waals surface area contributed by atoms with E-state index in [4.69, 9.17) is 16.3 Å². The van der Waals surface area contributed by atoms with Crippen molar-refractivity contribution in [2.45, 2.75) is 4.90 Å². The number of hydrogen-bond donors (Lipinski definition) is 0. The van der Waals surface area contributed by atoms with Crippen LogP contribution in [0.15, 0.2) is 29.2 Å². The first-order chi connectivity index (χ1) is 9.31. The number of halogens is 1. The highest BCUT2D eigenvalue weighted by molar-refractivity contribution is 8.07. The molecule has 1 aromatic carbocycles. The van der Waals surface area contributed by atoms with E-state index in [1.807, 2.05) is 0 Å². The Bertz CT molecular complexity index is 663. The fourth-order valence-corrected chi connectivity index (χ4v) is 5.90. The highest BCUT2D eigenvalue weighted by atomic mass is 35.5. The molecule has 0 N–H and O–H groups in total. The van der Waals surface area contributed by atoms with E-state index in [1.165, 1.54) is 24.3 Å². The molecule has 0 bridgehead atoms. The SMILES string of the molecule is O=S(=O)(CS(=O)(=O)N1CCOCC1)c1ccc(Cl)cc1. The summed E-state index contributed by atoms with van der Waals surface area (Å²) in [4.78, 5) is -0.0567. The van der Waals surface area contributed by atoms with Crippen LogP contribution in [0.3, 0.4) is 0 Å². The van der Waals surface area contributed by atoms with Crippen LogP contribution in [0, 0.1) is 0 Å². The van der Waals surface area contributed by atoms with Crippen LogP contribution in [0.1, 0.15) is 0 Å². The van der Waals surface area contributed by atoms with Gasteiger partial charge in [0.2, 0.25) is 10.0 Å². The van der Waals surface area contributed by atoms with Crippen molar-refractivity contribution in [3.05, 3.63) is 29.3 Å². The summed E-state index contributed by atoms with van der Waals surface area (Å²) >= 11 is 5.68. The van der Waals surface area contributed by atoms with Gasteiger partial charge in [0.1, 0.15) is 0 Å². The molecule has 9 heteroatoms. The fraction of sp³-hybridized carbons (Fsp3) is 0.455. The van der Waals surface area contributed by atoms with Crippen LogP contribution < -0.4 is 0 Å². The number of nitrogens with zero attached hydrogens (tertiary/aromatic N) is 1. The molecule has 1 fully saturated rings. The van der Waals surface area contributed by atoms with Gasteiger partial charge in [0.05, 0.1) is 18.1 Å². The Hall–Kier alpha value is -0.670. The zero-order valence-corrected chi connectivity index (χ0v) is 12.9. The lowest BCUT2D eigenvalue weighted by atomic mass is 10.4. The van der Waals surface area contributed by atoms with Crippen molar-refractivity contribution >= 4 is 31.5 Å². The average molecular weight is 340 g/mol. The molecule has 6 nitrogen and oxygen atoms in total. The quantitative estimate of drug-likeness (QED) is 0.808. The molecule has 1 aliphatic rings. The summed E-state index contributed by atoms with van der Waals surface area (Å²) in [6, 6.07) is 5.42. The molecule has 1 heterocycles. The van der Waals surface area contributed by atoms with E-state index in [-0.39, 0.29) is 31.2 Å². The van der Waals surface area contributed by atoms with Gasteiger partial charge in [0.25, 0.3) is 0 Å². The number of sulfonamides is 1. The molecule has 0 unspecified atom stereocenters. The molecule has 1 aliphatic heterocycles. The molecular weight excluding hydrogens is 326 g/mol. The zero-order valence-electron chi connectivity index (χ0n) is 10.5. The second-order valence-corrected chi connectivity index (χ2v) is 9.07. The molecule has 0 spiro atoms. The summed E-state index contributed by atoms with van der Waals surface area (Å²) in [5.41, 5.74) is 0. The first kappa shape index (κ1) is 15.7. The molecule has 20 heavy (non-hydrogen) atoms. The lowest BCUT2D eigenvalue weighted by Gasteiger charge is -2.25. The standard InChI is InChI=1S/C11H14ClNO5S2/c12-10-1-3-11(4-2-10)19(14,15)9-20(16,17)13-5-7-18-8-6-13/h1-4H,5-9H2. The summed E-state index contributed by atoms with van der Waals surface area (Å²) < 4.78 is 54.7. The number of benzene rings is 1. The monoisotopic (exact) mass is 339 g/mol. The molecule has 0 amide bonds. The van der Waals surface area contributed by atoms with Gasteiger partial charge in [-0.25, -0.2) is 16.8 Å². The van der Waals surface area contributed by atoms with Crippen molar-refractivity contribution in [3.63, 3.8) is 0 Å².